The van der Waals surface area contributed by atoms with Crippen molar-refractivity contribution in [3.05, 3.63) is 83.0 Å². The lowest BCUT2D eigenvalue weighted by Crippen LogP contribution is -2.06. The predicted molar refractivity (Wildman–Crippen MR) is 120 cm³/mol. The highest BCUT2D eigenvalue weighted by Gasteiger charge is 2.12. The Kier molecular flexibility index (Phi) is 6.64. The van der Waals surface area contributed by atoms with Gasteiger partial charge in [0.2, 0.25) is 0 Å². The van der Waals surface area contributed by atoms with Gasteiger partial charge in [-0.25, -0.2) is 4.79 Å². The predicted octanol–water partition coefficient (Wildman–Crippen LogP) is 5.70. The molecule has 1 aromatic heterocycles. The number of benzene rings is 2. The van der Waals surface area contributed by atoms with Crippen molar-refractivity contribution in [1.29, 1.82) is 0 Å². The molecule has 0 spiro atoms. The van der Waals surface area contributed by atoms with Crippen LogP contribution < -0.4 is 5.32 Å². The molecule has 3 aromatic rings. The zero-order valence-electron chi connectivity index (χ0n) is 15.4. The quantitative estimate of drug-likeness (QED) is 0.388. The highest BCUT2D eigenvalue weighted by Crippen LogP contribution is 2.27. The van der Waals surface area contributed by atoms with Crippen molar-refractivity contribution in [1.82, 2.24) is 0 Å². The summed E-state index contributed by atoms with van der Waals surface area (Å²) < 4.78 is 6.25. The maximum Gasteiger partial charge on any atom is 0.335 e. The van der Waals surface area contributed by atoms with Crippen LogP contribution in [-0.2, 0) is 4.79 Å². The molecule has 2 aromatic carbocycles. The number of allylic oxidation sites excluding steroid dienone is 1. The van der Waals surface area contributed by atoms with Crippen LogP contribution in [0.3, 0.4) is 0 Å². The average molecular weight is 424 g/mol. The second kappa shape index (κ2) is 9.36. The highest BCUT2D eigenvalue weighted by atomic mass is 32.2. The molecular formula is C22H17NO4S2. The van der Waals surface area contributed by atoms with E-state index >= 15 is 0 Å². The minimum Gasteiger partial charge on any atom is -0.478 e. The van der Waals surface area contributed by atoms with Crippen LogP contribution in [0.4, 0.5) is 5.69 Å². The van der Waals surface area contributed by atoms with Crippen molar-refractivity contribution in [3.63, 3.8) is 0 Å². The second-order valence-electron chi connectivity index (χ2n) is 6.03. The summed E-state index contributed by atoms with van der Waals surface area (Å²) in [6.45, 7) is 1.47. The highest BCUT2D eigenvalue weighted by molar-refractivity contribution is 8.26. The third-order valence-electron chi connectivity index (χ3n) is 3.89. The summed E-state index contributed by atoms with van der Waals surface area (Å²) in [6.07, 6.45) is 1.64. The van der Waals surface area contributed by atoms with E-state index in [2.05, 4.69) is 5.32 Å². The number of aromatic carboxylic acids is 1. The molecule has 0 aliphatic carbocycles. The van der Waals surface area contributed by atoms with Crippen LogP contribution in [0.25, 0.3) is 17.4 Å². The third kappa shape index (κ3) is 5.66. The molecule has 0 unspecified atom stereocenters. The molecule has 29 heavy (non-hydrogen) atoms. The van der Waals surface area contributed by atoms with Crippen LogP contribution in [0.2, 0.25) is 0 Å². The summed E-state index contributed by atoms with van der Waals surface area (Å²) in [6, 6.07) is 19.4. The summed E-state index contributed by atoms with van der Waals surface area (Å²) in [4.78, 5) is 23.4. The molecule has 0 bridgehead atoms. The van der Waals surface area contributed by atoms with Gasteiger partial charge >= 0.3 is 5.97 Å². The van der Waals surface area contributed by atoms with Gasteiger partial charge in [-0.2, -0.15) is 0 Å². The zero-order chi connectivity index (χ0) is 20.8. The number of carboxylic acid groups (broad SMARTS) is 1. The van der Waals surface area contributed by atoms with Crippen LogP contribution in [0, 0.1) is 0 Å². The van der Waals surface area contributed by atoms with Gasteiger partial charge in [0, 0.05) is 11.3 Å². The van der Waals surface area contributed by atoms with E-state index in [0.717, 1.165) is 23.0 Å². The lowest BCUT2D eigenvalue weighted by atomic mass is 10.1. The topological polar surface area (TPSA) is 79.5 Å². The number of thioether (sulfide) groups is 1. The van der Waals surface area contributed by atoms with Gasteiger partial charge in [-0.05, 0) is 49.4 Å². The van der Waals surface area contributed by atoms with Crippen molar-refractivity contribution in [2.75, 3.05) is 5.32 Å². The molecule has 0 aliphatic heterocycles. The minimum atomic E-state index is -0.983. The van der Waals surface area contributed by atoms with E-state index in [1.807, 2.05) is 30.3 Å². The first-order valence-corrected chi connectivity index (χ1v) is 9.85. The van der Waals surface area contributed by atoms with Crippen LogP contribution in [0.5, 0.6) is 0 Å². The first-order valence-electron chi connectivity index (χ1n) is 8.62. The molecular weight excluding hydrogens is 406 g/mol. The number of thiocarbonyl (C=S) groups is 1. The number of hydrogen-bond acceptors (Lipinski definition) is 5. The van der Waals surface area contributed by atoms with Crippen molar-refractivity contribution < 1.29 is 19.1 Å². The molecule has 1 heterocycles. The molecule has 0 amide bonds. The number of hydrogen-bond donors (Lipinski definition) is 2. The van der Waals surface area contributed by atoms with E-state index in [1.165, 1.54) is 19.1 Å². The van der Waals surface area contributed by atoms with E-state index in [1.54, 1.807) is 30.3 Å². The van der Waals surface area contributed by atoms with Gasteiger partial charge in [-0.3, -0.25) is 4.79 Å². The van der Waals surface area contributed by atoms with Gasteiger partial charge in [0.05, 0.1) is 10.5 Å². The van der Waals surface area contributed by atoms with Gasteiger partial charge in [0.15, 0.2) is 5.78 Å². The molecule has 0 aliphatic rings. The minimum absolute atomic E-state index is 0.129. The fraction of sp³-hybridized carbons (Fsp3) is 0.0455. The van der Waals surface area contributed by atoms with E-state index in [4.69, 9.17) is 21.7 Å². The number of carbonyl (C=O) groups excluding carboxylic acids is 1. The molecule has 5 nitrogen and oxygen atoms in total. The van der Waals surface area contributed by atoms with Gasteiger partial charge in [0.1, 0.15) is 15.8 Å². The number of rotatable bonds is 6. The second-order valence-corrected chi connectivity index (χ2v) is 7.75. The number of para-hydroxylation sites is 1. The van der Waals surface area contributed by atoms with Crippen LogP contribution in [0.1, 0.15) is 23.0 Å². The first kappa shape index (κ1) is 20.6. The Morgan fingerprint density at radius 1 is 1.03 bits per heavy atom. The largest absolute Gasteiger partial charge is 0.478 e. The Morgan fingerprint density at radius 2 is 1.72 bits per heavy atom. The Morgan fingerprint density at radius 3 is 2.34 bits per heavy atom. The monoisotopic (exact) mass is 423 g/mol. The Bertz CT molecular complexity index is 1070. The molecule has 2 N–H and O–H groups in total. The SMILES string of the molecule is CC(=O)/C(=C/c1ccc(-c2ccc(C(=O)O)cc2)o1)SC(=S)Nc1ccccc1. The fourth-order valence-corrected chi connectivity index (χ4v) is 3.53. The van der Waals surface area contributed by atoms with Crippen molar-refractivity contribution in [3.8, 4) is 11.3 Å². The Balaban J connectivity index is 1.75. The maximum absolute atomic E-state index is 12.0. The van der Waals surface area contributed by atoms with Gasteiger partial charge in [-0.1, -0.05) is 54.3 Å². The number of carboxylic acids is 1. The first-order chi connectivity index (χ1) is 13.9. The molecule has 7 heteroatoms. The molecule has 146 valence electrons. The normalized spacial score (nSPS) is 11.1. The Hall–Kier alpha value is -3.16. The van der Waals surface area contributed by atoms with E-state index < -0.39 is 5.97 Å². The number of ketones is 1. The van der Waals surface area contributed by atoms with Crippen LogP contribution >= 0.6 is 24.0 Å². The van der Waals surface area contributed by atoms with Crippen molar-refractivity contribution in [2.24, 2.45) is 0 Å². The van der Waals surface area contributed by atoms with E-state index in [-0.39, 0.29) is 11.3 Å². The van der Waals surface area contributed by atoms with Gasteiger partial charge < -0.3 is 14.8 Å². The number of carbonyl (C=O) groups is 2. The van der Waals surface area contributed by atoms with Crippen LogP contribution in [0.15, 0.2) is 76.1 Å². The van der Waals surface area contributed by atoms with Crippen molar-refractivity contribution >= 4 is 51.8 Å². The molecule has 0 radical (unpaired) electrons. The summed E-state index contributed by atoms with van der Waals surface area (Å²) in [5.74, 6) is -0.0348. The average Bonchev–Trinajstić information content (AvgIpc) is 3.17. The number of furan rings is 1. The zero-order valence-corrected chi connectivity index (χ0v) is 17.0. The van der Waals surface area contributed by atoms with Gasteiger partial charge in [0.25, 0.3) is 0 Å². The summed E-state index contributed by atoms with van der Waals surface area (Å²) in [7, 11) is 0. The van der Waals surface area contributed by atoms with Crippen molar-refractivity contribution in [2.45, 2.75) is 6.92 Å². The molecule has 0 saturated carbocycles. The third-order valence-corrected chi connectivity index (χ3v) is 5.15. The molecule has 0 atom stereocenters. The number of nitrogens with one attached hydrogen (secondary N) is 1. The smallest absolute Gasteiger partial charge is 0.335 e. The lowest BCUT2D eigenvalue weighted by Gasteiger charge is -2.08. The Labute approximate surface area is 177 Å². The van der Waals surface area contributed by atoms with E-state index in [0.29, 0.717) is 20.7 Å². The van der Waals surface area contributed by atoms with Crippen LogP contribution in [-0.4, -0.2) is 21.2 Å². The lowest BCUT2D eigenvalue weighted by molar-refractivity contribution is -0.112. The summed E-state index contributed by atoms with van der Waals surface area (Å²) >= 11 is 6.50. The fourth-order valence-electron chi connectivity index (χ4n) is 2.46. The standard InChI is InChI=1S/C22H17NO4S2/c1-14(24)20(29-22(28)23-17-5-3-2-4-6-17)13-18-11-12-19(27-18)15-7-9-16(10-8-15)21(25)26/h2-13H,1H3,(H,23,28)(H,25,26)/b20-13-. The summed E-state index contributed by atoms with van der Waals surface area (Å²) in [5, 5.41) is 12.1. The maximum atomic E-state index is 12.0. The molecule has 0 saturated heterocycles. The van der Waals surface area contributed by atoms with E-state index in [9.17, 15) is 9.59 Å². The molecule has 0 fully saturated rings. The number of anilines is 1. The molecule has 3 rings (SSSR count). The summed E-state index contributed by atoms with van der Waals surface area (Å²) in [5.41, 5.74) is 1.79. The van der Waals surface area contributed by atoms with Gasteiger partial charge in [-0.15, -0.1) is 0 Å². The number of Topliss-reactive ketones (excluding diaryl/α,β-unsaturated/α-hetero) is 1.